The number of methoxy groups -OCH3 is 1. The van der Waals surface area contributed by atoms with Crippen LogP contribution >= 0.6 is 15.9 Å². The molecule has 0 radical (unpaired) electrons. The average Bonchev–Trinajstić information content (AvgIpc) is 2.37. The van der Waals surface area contributed by atoms with E-state index in [-0.39, 0.29) is 0 Å². The molecule has 1 aromatic rings. The molecule has 0 unspecified atom stereocenters. The molecule has 0 saturated carbocycles. The molecule has 0 fully saturated rings. The molecule has 0 atom stereocenters. The zero-order valence-corrected chi connectivity index (χ0v) is 12.8. The van der Waals surface area contributed by atoms with E-state index >= 15 is 0 Å². The fourth-order valence-electron chi connectivity index (χ4n) is 1.55. The van der Waals surface area contributed by atoms with Crippen LogP contribution in [0.3, 0.4) is 0 Å². The van der Waals surface area contributed by atoms with Crippen LogP contribution in [0.5, 0.6) is 5.75 Å². The van der Waals surface area contributed by atoms with E-state index in [4.69, 9.17) is 9.47 Å². The van der Waals surface area contributed by atoms with E-state index in [0.717, 1.165) is 49.4 Å². The number of unbranched alkanes of at least 4 members (excludes halogenated alkanes) is 1. The van der Waals surface area contributed by atoms with Gasteiger partial charge in [0.15, 0.2) is 0 Å². The smallest absolute Gasteiger partial charge is 0.123 e. The van der Waals surface area contributed by atoms with E-state index in [9.17, 15) is 0 Å². The Hall–Kier alpha value is -0.580. The van der Waals surface area contributed by atoms with Crippen LogP contribution in [0.15, 0.2) is 22.7 Å². The van der Waals surface area contributed by atoms with Gasteiger partial charge >= 0.3 is 0 Å². The van der Waals surface area contributed by atoms with Gasteiger partial charge in [-0.1, -0.05) is 29.3 Å². The van der Waals surface area contributed by atoms with Crippen LogP contribution < -0.4 is 10.1 Å². The second-order valence-electron chi connectivity index (χ2n) is 4.12. The Morgan fingerprint density at radius 1 is 1.28 bits per heavy atom. The third-order valence-corrected chi connectivity index (χ3v) is 3.07. The van der Waals surface area contributed by atoms with Crippen molar-refractivity contribution in [1.29, 1.82) is 0 Å². The molecule has 0 amide bonds. The summed E-state index contributed by atoms with van der Waals surface area (Å²) in [6.45, 7) is 5.31. The first-order valence-corrected chi connectivity index (χ1v) is 7.18. The molecule has 1 aromatic carbocycles. The van der Waals surface area contributed by atoms with Gasteiger partial charge in [-0.3, -0.25) is 0 Å². The van der Waals surface area contributed by atoms with Gasteiger partial charge in [-0.2, -0.15) is 0 Å². The zero-order valence-electron chi connectivity index (χ0n) is 11.2. The van der Waals surface area contributed by atoms with Gasteiger partial charge in [-0.15, -0.1) is 0 Å². The van der Waals surface area contributed by atoms with Gasteiger partial charge in [0.1, 0.15) is 5.75 Å². The van der Waals surface area contributed by atoms with Gasteiger partial charge in [-0.05, 0) is 24.6 Å². The highest BCUT2D eigenvalue weighted by atomic mass is 79.9. The normalized spacial score (nSPS) is 10.6. The molecule has 102 valence electrons. The predicted molar refractivity (Wildman–Crippen MR) is 78.1 cm³/mol. The Bertz CT molecular complexity index is 345. The molecule has 18 heavy (non-hydrogen) atoms. The summed E-state index contributed by atoms with van der Waals surface area (Å²) in [5.41, 5.74) is 1.18. The quantitative estimate of drug-likeness (QED) is 0.709. The van der Waals surface area contributed by atoms with E-state index in [2.05, 4.69) is 34.2 Å². The second kappa shape index (κ2) is 9.36. The van der Waals surface area contributed by atoms with Crippen molar-refractivity contribution in [2.45, 2.75) is 26.3 Å². The van der Waals surface area contributed by atoms with E-state index in [1.807, 2.05) is 12.1 Å². The Kier molecular flexibility index (Phi) is 8.05. The summed E-state index contributed by atoms with van der Waals surface area (Å²) in [4.78, 5) is 0. The molecule has 0 aromatic heterocycles. The van der Waals surface area contributed by atoms with E-state index in [0.29, 0.717) is 0 Å². The lowest BCUT2D eigenvalue weighted by Crippen LogP contribution is -2.19. The summed E-state index contributed by atoms with van der Waals surface area (Å²) in [7, 11) is 1.71. The summed E-state index contributed by atoms with van der Waals surface area (Å²) in [5.74, 6) is 0.969. The van der Waals surface area contributed by atoms with Crippen LogP contribution in [0.2, 0.25) is 0 Å². The number of halogens is 1. The highest BCUT2D eigenvalue weighted by Crippen LogP contribution is 2.23. The standard InChI is InChI=1S/C14H22BrNO2/c1-3-4-8-18-14-6-5-13(15)10-12(14)11-16-7-9-17-2/h5-6,10,16H,3-4,7-9,11H2,1-2H3. The molecule has 0 saturated heterocycles. The van der Waals surface area contributed by atoms with Gasteiger partial charge in [0.25, 0.3) is 0 Å². The second-order valence-corrected chi connectivity index (χ2v) is 5.04. The number of hydrogen-bond acceptors (Lipinski definition) is 3. The molecule has 4 heteroatoms. The van der Waals surface area contributed by atoms with Crippen molar-refractivity contribution in [2.24, 2.45) is 0 Å². The van der Waals surface area contributed by atoms with Gasteiger partial charge in [0.2, 0.25) is 0 Å². The van der Waals surface area contributed by atoms with E-state index in [1.165, 1.54) is 5.56 Å². The molecule has 0 bridgehead atoms. The van der Waals surface area contributed by atoms with Crippen LogP contribution in [-0.4, -0.2) is 26.9 Å². The molecule has 0 aliphatic carbocycles. The van der Waals surface area contributed by atoms with Crippen LogP contribution in [0, 0.1) is 0 Å². The molecular weight excluding hydrogens is 294 g/mol. The summed E-state index contributed by atoms with van der Waals surface area (Å²) in [5, 5.41) is 3.33. The Labute approximate surface area is 118 Å². The van der Waals surface area contributed by atoms with Crippen LogP contribution in [0.4, 0.5) is 0 Å². The molecule has 0 spiro atoms. The maximum atomic E-state index is 5.80. The monoisotopic (exact) mass is 315 g/mol. The minimum atomic E-state index is 0.722. The number of hydrogen-bond donors (Lipinski definition) is 1. The molecule has 3 nitrogen and oxygen atoms in total. The first kappa shape index (κ1) is 15.5. The maximum absolute atomic E-state index is 5.80. The summed E-state index contributed by atoms with van der Waals surface area (Å²) in [6.07, 6.45) is 2.24. The first-order chi connectivity index (χ1) is 8.77. The van der Waals surface area contributed by atoms with Gasteiger partial charge in [0.05, 0.1) is 13.2 Å². The van der Waals surface area contributed by atoms with Crippen LogP contribution in [0.25, 0.3) is 0 Å². The van der Waals surface area contributed by atoms with Crippen LogP contribution in [-0.2, 0) is 11.3 Å². The molecular formula is C14H22BrNO2. The van der Waals surface area contributed by atoms with E-state index in [1.54, 1.807) is 7.11 Å². The Morgan fingerprint density at radius 3 is 2.83 bits per heavy atom. The first-order valence-electron chi connectivity index (χ1n) is 6.38. The number of benzene rings is 1. The lowest BCUT2D eigenvalue weighted by molar-refractivity contribution is 0.199. The molecule has 1 N–H and O–H groups in total. The van der Waals surface area contributed by atoms with Crippen molar-refractivity contribution in [2.75, 3.05) is 26.9 Å². The van der Waals surface area contributed by atoms with Gasteiger partial charge < -0.3 is 14.8 Å². The summed E-state index contributed by atoms with van der Waals surface area (Å²) < 4.78 is 11.9. The largest absolute Gasteiger partial charge is 0.493 e. The van der Waals surface area contributed by atoms with Crippen molar-refractivity contribution >= 4 is 15.9 Å². The number of nitrogens with one attached hydrogen (secondary N) is 1. The SMILES string of the molecule is CCCCOc1ccc(Br)cc1CNCCOC. The van der Waals surface area contributed by atoms with Crippen molar-refractivity contribution in [3.05, 3.63) is 28.2 Å². The topological polar surface area (TPSA) is 30.5 Å². The van der Waals surface area contributed by atoms with Crippen molar-refractivity contribution in [1.82, 2.24) is 5.32 Å². The Morgan fingerprint density at radius 2 is 2.11 bits per heavy atom. The summed E-state index contributed by atoms with van der Waals surface area (Å²) in [6, 6.07) is 6.13. The lowest BCUT2D eigenvalue weighted by atomic mass is 10.2. The minimum Gasteiger partial charge on any atom is -0.493 e. The Balaban J connectivity index is 2.53. The van der Waals surface area contributed by atoms with Crippen molar-refractivity contribution < 1.29 is 9.47 Å². The predicted octanol–water partition coefficient (Wildman–Crippen LogP) is 3.36. The van der Waals surface area contributed by atoms with E-state index < -0.39 is 0 Å². The highest BCUT2D eigenvalue weighted by Gasteiger charge is 2.04. The number of rotatable bonds is 9. The third kappa shape index (κ3) is 5.85. The summed E-state index contributed by atoms with van der Waals surface area (Å²) >= 11 is 3.49. The fourth-order valence-corrected chi connectivity index (χ4v) is 1.96. The number of ether oxygens (including phenoxy) is 2. The van der Waals surface area contributed by atoms with Crippen LogP contribution in [0.1, 0.15) is 25.3 Å². The zero-order chi connectivity index (χ0) is 13.2. The molecule has 0 aliphatic rings. The lowest BCUT2D eigenvalue weighted by Gasteiger charge is -2.12. The fraction of sp³-hybridized carbons (Fsp3) is 0.571. The van der Waals surface area contributed by atoms with Gasteiger partial charge in [-0.25, -0.2) is 0 Å². The van der Waals surface area contributed by atoms with Crippen molar-refractivity contribution in [3.63, 3.8) is 0 Å². The van der Waals surface area contributed by atoms with Gasteiger partial charge in [0, 0.05) is 30.2 Å². The average molecular weight is 316 g/mol. The highest BCUT2D eigenvalue weighted by molar-refractivity contribution is 9.10. The molecule has 1 rings (SSSR count). The third-order valence-electron chi connectivity index (χ3n) is 2.58. The molecule has 0 heterocycles. The minimum absolute atomic E-state index is 0.722. The van der Waals surface area contributed by atoms with Crippen molar-refractivity contribution in [3.8, 4) is 5.75 Å². The maximum Gasteiger partial charge on any atom is 0.123 e. The molecule has 0 aliphatic heterocycles.